The van der Waals surface area contributed by atoms with Gasteiger partial charge in [0.1, 0.15) is 5.75 Å². The van der Waals surface area contributed by atoms with E-state index in [1.165, 1.54) is 38.6 Å². The minimum Gasteiger partial charge on any atom is -0.494 e. The summed E-state index contributed by atoms with van der Waals surface area (Å²) in [5, 5.41) is 3.60. The van der Waals surface area contributed by atoms with Crippen molar-refractivity contribution in [3.63, 3.8) is 0 Å². The van der Waals surface area contributed by atoms with Gasteiger partial charge in [0.05, 0.1) is 6.61 Å². The summed E-state index contributed by atoms with van der Waals surface area (Å²) in [6.45, 7) is 5.45. The number of hydrogen-bond acceptors (Lipinski definition) is 2. The molecule has 0 bridgehead atoms. The zero-order valence-corrected chi connectivity index (χ0v) is 12.2. The van der Waals surface area contributed by atoms with E-state index in [1.807, 2.05) is 30.3 Å². The number of para-hydroxylation sites is 1. The highest BCUT2D eigenvalue weighted by Gasteiger charge is 2.25. The quantitative estimate of drug-likeness (QED) is 0.749. The Labute approximate surface area is 117 Å². The lowest BCUT2D eigenvalue weighted by Gasteiger charge is -2.33. The lowest BCUT2D eigenvalue weighted by Crippen LogP contribution is -2.34. The number of hydrogen-bond donors (Lipinski definition) is 1. The highest BCUT2D eigenvalue weighted by molar-refractivity contribution is 5.20. The molecule has 1 aliphatic carbocycles. The van der Waals surface area contributed by atoms with Crippen LogP contribution in [0, 0.1) is 5.41 Å². The minimum absolute atomic E-state index is 0.540. The Balaban J connectivity index is 1.52. The normalized spacial score (nSPS) is 18.2. The number of rotatable bonds is 7. The van der Waals surface area contributed by atoms with Gasteiger partial charge in [-0.15, -0.1) is 0 Å². The van der Waals surface area contributed by atoms with Gasteiger partial charge in [-0.2, -0.15) is 0 Å². The van der Waals surface area contributed by atoms with Gasteiger partial charge in [-0.3, -0.25) is 0 Å². The van der Waals surface area contributed by atoms with Crippen LogP contribution in [0.3, 0.4) is 0 Å². The summed E-state index contributed by atoms with van der Waals surface area (Å²) in [5.41, 5.74) is 0.540. The summed E-state index contributed by atoms with van der Waals surface area (Å²) in [7, 11) is 0. The van der Waals surface area contributed by atoms with E-state index >= 15 is 0 Å². The van der Waals surface area contributed by atoms with Gasteiger partial charge in [0.2, 0.25) is 0 Å². The van der Waals surface area contributed by atoms with Crippen LogP contribution >= 0.6 is 0 Å². The molecule has 0 heterocycles. The smallest absolute Gasteiger partial charge is 0.119 e. The van der Waals surface area contributed by atoms with Crippen LogP contribution in [-0.4, -0.2) is 19.7 Å². The van der Waals surface area contributed by atoms with Crippen molar-refractivity contribution < 1.29 is 4.74 Å². The van der Waals surface area contributed by atoms with Gasteiger partial charge < -0.3 is 10.1 Å². The molecule has 2 nitrogen and oxygen atoms in total. The first-order valence-corrected chi connectivity index (χ1v) is 7.67. The Kier molecular flexibility index (Phi) is 5.71. The van der Waals surface area contributed by atoms with E-state index < -0.39 is 0 Å². The predicted octanol–water partition coefficient (Wildman–Crippen LogP) is 4.02. The van der Waals surface area contributed by atoms with E-state index in [2.05, 4.69) is 12.2 Å². The van der Waals surface area contributed by atoms with Crippen LogP contribution in [0.4, 0.5) is 0 Å². The van der Waals surface area contributed by atoms with Crippen LogP contribution < -0.4 is 10.1 Å². The van der Waals surface area contributed by atoms with Crippen LogP contribution in [0.5, 0.6) is 5.75 Å². The zero-order chi connectivity index (χ0) is 13.4. The van der Waals surface area contributed by atoms with Crippen molar-refractivity contribution in [2.45, 2.75) is 45.4 Å². The standard InChI is InChI=1S/C17H27NO/c1-17(11-6-3-7-12-17)15-18-13-8-14-19-16-9-4-2-5-10-16/h2,4-5,9-10,18H,3,6-8,11-15H2,1H3. The Morgan fingerprint density at radius 1 is 1.11 bits per heavy atom. The summed E-state index contributed by atoms with van der Waals surface area (Å²) >= 11 is 0. The van der Waals surface area contributed by atoms with Gasteiger partial charge >= 0.3 is 0 Å². The van der Waals surface area contributed by atoms with Crippen molar-refractivity contribution in [3.8, 4) is 5.75 Å². The van der Waals surface area contributed by atoms with Crippen molar-refractivity contribution in [3.05, 3.63) is 30.3 Å². The second-order valence-electron chi connectivity index (χ2n) is 6.06. The Morgan fingerprint density at radius 2 is 1.84 bits per heavy atom. The van der Waals surface area contributed by atoms with Crippen LogP contribution in [0.25, 0.3) is 0 Å². The molecule has 0 radical (unpaired) electrons. The average molecular weight is 261 g/mol. The van der Waals surface area contributed by atoms with Gasteiger partial charge in [0.25, 0.3) is 0 Å². The maximum absolute atomic E-state index is 5.68. The lowest BCUT2D eigenvalue weighted by molar-refractivity contribution is 0.205. The summed E-state index contributed by atoms with van der Waals surface area (Å²) in [4.78, 5) is 0. The van der Waals surface area contributed by atoms with Gasteiger partial charge in [-0.1, -0.05) is 44.4 Å². The van der Waals surface area contributed by atoms with Crippen LogP contribution in [0.15, 0.2) is 30.3 Å². The molecule has 0 unspecified atom stereocenters. The Morgan fingerprint density at radius 3 is 2.58 bits per heavy atom. The topological polar surface area (TPSA) is 21.3 Å². The van der Waals surface area contributed by atoms with Gasteiger partial charge in [-0.25, -0.2) is 0 Å². The maximum Gasteiger partial charge on any atom is 0.119 e. The third-order valence-corrected chi connectivity index (χ3v) is 4.12. The van der Waals surface area contributed by atoms with Gasteiger partial charge in [0, 0.05) is 6.54 Å². The monoisotopic (exact) mass is 261 g/mol. The van der Waals surface area contributed by atoms with E-state index in [0.29, 0.717) is 5.41 Å². The van der Waals surface area contributed by atoms with Gasteiger partial charge in [-0.05, 0) is 43.4 Å². The molecule has 0 saturated heterocycles. The van der Waals surface area contributed by atoms with E-state index in [0.717, 1.165) is 25.3 Å². The third kappa shape index (κ3) is 5.23. The molecule has 1 saturated carbocycles. The summed E-state index contributed by atoms with van der Waals surface area (Å²) in [6.07, 6.45) is 8.11. The fourth-order valence-electron chi connectivity index (χ4n) is 2.88. The number of nitrogens with one attached hydrogen (secondary N) is 1. The molecular formula is C17H27NO. The molecule has 2 rings (SSSR count). The highest BCUT2D eigenvalue weighted by atomic mass is 16.5. The van der Waals surface area contributed by atoms with Crippen LogP contribution in [0.2, 0.25) is 0 Å². The average Bonchev–Trinajstić information content (AvgIpc) is 2.44. The largest absolute Gasteiger partial charge is 0.494 e. The molecule has 1 fully saturated rings. The summed E-state index contributed by atoms with van der Waals surface area (Å²) in [5.74, 6) is 0.974. The molecule has 19 heavy (non-hydrogen) atoms. The van der Waals surface area contributed by atoms with Crippen molar-refractivity contribution in [2.75, 3.05) is 19.7 Å². The predicted molar refractivity (Wildman–Crippen MR) is 80.6 cm³/mol. The lowest BCUT2D eigenvalue weighted by atomic mass is 9.76. The molecule has 1 aromatic carbocycles. The maximum atomic E-state index is 5.68. The molecule has 1 aliphatic rings. The highest BCUT2D eigenvalue weighted by Crippen LogP contribution is 2.34. The van der Waals surface area contributed by atoms with Gasteiger partial charge in [0.15, 0.2) is 0 Å². The van der Waals surface area contributed by atoms with Crippen molar-refractivity contribution >= 4 is 0 Å². The zero-order valence-electron chi connectivity index (χ0n) is 12.2. The minimum atomic E-state index is 0.540. The summed E-state index contributed by atoms with van der Waals surface area (Å²) < 4.78 is 5.68. The van der Waals surface area contributed by atoms with Crippen LogP contribution in [-0.2, 0) is 0 Å². The van der Waals surface area contributed by atoms with Crippen molar-refractivity contribution in [1.82, 2.24) is 5.32 Å². The van der Waals surface area contributed by atoms with Crippen molar-refractivity contribution in [2.24, 2.45) is 5.41 Å². The molecular weight excluding hydrogens is 234 g/mol. The molecule has 1 aromatic rings. The first-order valence-electron chi connectivity index (χ1n) is 7.67. The van der Waals surface area contributed by atoms with Crippen LogP contribution in [0.1, 0.15) is 45.4 Å². The first kappa shape index (κ1) is 14.4. The van der Waals surface area contributed by atoms with E-state index in [1.54, 1.807) is 0 Å². The van der Waals surface area contributed by atoms with E-state index in [4.69, 9.17) is 4.74 Å². The first-order chi connectivity index (χ1) is 9.29. The fourth-order valence-corrected chi connectivity index (χ4v) is 2.88. The summed E-state index contributed by atoms with van der Waals surface area (Å²) in [6, 6.07) is 10.1. The second-order valence-corrected chi connectivity index (χ2v) is 6.06. The molecule has 1 N–H and O–H groups in total. The fraction of sp³-hybridized carbons (Fsp3) is 0.647. The second kappa shape index (κ2) is 7.54. The van der Waals surface area contributed by atoms with E-state index in [9.17, 15) is 0 Å². The molecule has 0 aromatic heterocycles. The van der Waals surface area contributed by atoms with E-state index in [-0.39, 0.29) is 0 Å². The molecule has 0 aliphatic heterocycles. The molecule has 0 atom stereocenters. The Bertz CT molecular complexity index is 344. The Hall–Kier alpha value is -1.02. The molecule has 2 heteroatoms. The number of benzene rings is 1. The number of ether oxygens (including phenoxy) is 1. The molecule has 0 amide bonds. The molecule has 106 valence electrons. The molecule has 0 spiro atoms. The van der Waals surface area contributed by atoms with Crippen molar-refractivity contribution in [1.29, 1.82) is 0 Å². The third-order valence-electron chi connectivity index (χ3n) is 4.12. The SMILES string of the molecule is CC1(CNCCCOc2ccccc2)CCCCC1.